The molecule has 0 amide bonds. The van der Waals surface area contributed by atoms with Gasteiger partial charge in [-0.1, -0.05) is 45.9 Å². The molecule has 3 aliphatic rings. The Hall–Kier alpha value is -2.65. The molecular weight excluding hydrogens is 665 g/mol. The van der Waals surface area contributed by atoms with Crippen LogP contribution in [0, 0.1) is 28.2 Å². The Labute approximate surface area is 276 Å². The summed E-state index contributed by atoms with van der Waals surface area (Å²) in [6.45, 7) is 14.7. The van der Waals surface area contributed by atoms with Crippen molar-refractivity contribution in [3.8, 4) is 11.5 Å². The first-order valence-electron chi connectivity index (χ1n) is 15.6. The van der Waals surface area contributed by atoms with Crippen molar-refractivity contribution in [2.24, 2.45) is 10.8 Å². The van der Waals surface area contributed by atoms with Gasteiger partial charge < -0.3 is 19.1 Å². The predicted molar refractivity (Wildman–Crippen MR) is 182 cm³/mol. The Morgan fingerprint density at radius 1 is 0.864 bits per heavy atom. The highest BCUT2D eigenvalue weighted by Crippen LogP contribution is 2.55. The van der Waals surface area contributed by atoms with Gasteiger partial charge in [-0.3, -0.25) is 9.59 Å². The molecule has 0 fully saturated rings. The van der Waals surface area contributed by atoms with Crippen molar-refractivity contribution >= 4 is 34.2 Å². The van der Waals surface area contributed by atoms with Crippen molar-refractivity contribution in [2.75, 3.05) is 27.4 Å². The molecular formula is C37H46INO5. The van der Waals surface area contributed by atoms with Crippen molar-refractivity contribution in [1.29, 1.82) is 0 Å². The predicted octanol–water partition coefficient (Wildman–Crippen LogP) is 8.22. The number of hydrogen-bond donors (Lipinski definition) is 0. The van der Waals surface area contributed by atoms with Crippen LogP contribution in [0.25, 0.3) is 0 Å². The summed E-state index contributed by atoms with van der Waals surface area (Å²) in [5, 5.41) is 0. The van der Waals surface area contributed by atoms with Crippen LogP contribution in [-0.2, 0) is 20.9 Å². The summed E-state index contributed by atoms with van der Waals surface area (Å²) < 4.78 is 18.6. The minimum Gasteiger partial charge on any atom is -0.493 e. The molecule has 0 radical (unpaired) electrons. The van der Waals surface area contributed by atoms with Crippen LogP contribution in [-0.4, -0.2) is 43.8 Å². The van der Waals surface area contributed by atoms with Crippen LogP contribution in [0.3, 0.4) is 0 Å². The van der Waals surface area contributed by atoms with E-state index < -0.39 is 5.92 Å². The number of carbonyl (C=O) groups excluding carboxylic acids is 2. The van der Waals surface area contributed by atoms with E-state index in [2.05, 4.69) is 93.3 Å². The van der Waals surface area contributed by atoms with Crippen LogP contribution in [0.5, 0.6) is 11.5 Å². The lowest BCUT2D eigenvalue weighted by molar-refractivity contribution is -0.119. The van der Waals surface area contributed by atoms with Gasteiger partial charge in [0.2, 0.25) is 0 Å². The summed E-state index contributed by atoms with van der Waals surface area (Å²) in [4.78, 5) is 30.6. The second kappa shape index (κ2) is 12.6. The van der Waals surface area contributed by atoms with Crippen LogP contribution in [0.2, 0.25) is 0 Å². The fourth-order valence-corrected chi connectivity index (χ4v) is 7.89. The molecule has 0 saturated heterocycles. The molecule has 0 saturated carbocycles. The normalized spacial score (nSPS) is 19.7. The molecule has 5 rings (SSSR count). The first-order valence-corrected chi connectivity index (χ1v) is 16.7. The number of hydrogen-bond acceptors (Lipinski definition) is 6. The number of allylic oxidation sites excluding steroid dienone is 4. The molecule has 0 unspecified atom stereocenters. The fraction of sp³-hybridized carbons (Fsp3) is 0.514. The zero-order valence-electron chi connectivity index (χ0n) is 27.5. The zero-order valence-corrected chi connectivity index (χ0v) is 29.6. The molecule has 0 bridgehead atoms. The maximum atomic E-state index is 14.1. The molecule has 236 valence electrons. The third-order valence-corrected chi connectivity index (χ3v) is 10.1. The lowest BCUT2D eigenvalue weighted by Gasteiger charge is -2.49. The molecule has 0 spiro atoms. The number of carbonyl (C=O) groups is 2. The molecule has 0 aromatic heterocycles. The van der Waals surface area contributed by atoms with Gasteiger partial charge in [-0.15, -0.1) is 0 Å². The fourth-order valence-electron chi connectivity index (χ4n) is 7.11. The van der Waals surface area contributed by atoms with Crippen LogP contribution < -0.4 is 9.47 Å². The molecule has 2 aromatic rings. The van der Waals surface area contributed by atoms with Crippen LogP contribution >= 0.6 is 22.6 Å². The van der Waals surface area contributed by atoms with Crippen LogP contribution in [0.4, 0.5) is 0 Å². The minimum atomic E-state index is -0.429. The van der Waals surface area contributed by atoms with Crippen molar-refractivity contribution in [1.82, 2.24) is 4.90 Å². The number of aryl methyl sites for hydroxylation is 2. The van der Waals surface area contributed by atoms with Crippen molar-refractivity contribution in [3.05, 3.63) is 78.7 Å². The van der Waals surface area contributed by atoms with E-state index in [9.17, 15) is 9.59 Å². The van der Waals surface area contributed by atoms with Gasteiger partial charge in [0.25, 0.3) is 0 Å². The number of halogens is 1. The van der Waals surface area contributed by atoms with Gasteiger partial charge in [0.05, 0.1) is 10.7 Å². The van der Waals surface area contributed by atoms with Crippen LogP contribution in [0.1, 0.15) is 88.0 Å². The summed E-state index contributed by atoms with van der Waals surface area (Å²) in [6, 6.07) is 10.4. The molecule has 0 N–H and O–H groups in total. The van der Waals surface area contributed by atoms with Gasteiger partial charge in [-0.25, -0.2) is 0 Å². The highest BCUT2D eigenvalue weighted by molar-refractivity contribution is 14.1. The molecule has 44 heavy (non-hydrogen) atoms. The highest BCUT2D eigenvalue weighted by Gasteiger charge is 2.49. The number of ketones is 2. The standard InChI is InChI=1S/C37H46INO5/c1-22-10-11-24(14-23(22)2)21-44-35-26(38)15-25(16-31(35)43-8)32-33-27(17-36(3,4)19-29(33)40)39(12-9-13-42-7)28-18-37(5,6)20-30(41)34(28)32/h10-11,14-16,32H,9,12-13,17-21H2,1-8H3. The molecule has 1 heterocycles. The highest BCUT2D eigenvalue weighted by atomic mass is 127. The Kier molecular flexibility index (Phi) is 9.39. The number of benzene rings is 2. The van der Waals surface area contributed by atoms with Crippen molar-refractivity contribution < 1.29 is 23.8 Å². The van der Waals surface area contributed by atoms with E-state index in [0.717, 1.165) is 63.0 Å². The molecule has 6 nitrogen and oxygen atoms in total. The largest absolute Gasteiger partial charge is 0.493 e. The third-order valence-electron chi connectivity index (χ3n) is 9.29. The first kappa shape index (κ1) is 32.7. The Morgan fingerprint density at radius 3 is 2.02 bits per heavy atom. The molecule has 1 aliphatic heterocycles. The minimum absolute atomic E-state index is 0.131. The number of nitrogens with zero attached hydrogens (tertiary/aromatic N) is 1. The molecule has 0 atom stereocenters. The molecule has 7 heteroatoms. The lowest BCUT2D eigenvalue weighted by atomic mass is 9.63. The number of ether oxygens (including phenoxy) is 3. The van der Waals surface area contributed by atoms with Crippen LogP contribution in [0.15, 0.2) is 52.9 Å². The van der Waals surface area contributed by atoms with Gasteiger partial charge in [0.1, 0.15) is 6.61 Å². The van der Waals surface area contributed by atoms with Gasteiger partial charge >= 0.3 is 0 Å². The number of rotatable bonds is 9. The Bertz CT molecular complexity index is 1500. The third kappa shape index (κ3) is 6.50. The number of methoxy groups -OCH3 is 2. The smallest absolute Gasteiger partial charge is 0.174 e. The monoisotopic (exact) mass is 711 g/mol. The average Bonchev–Trinajstić information content (AvgIpc) is 2.93. The maximum Gasteiger partial charge on any atom is 0.174 e. The summed E-state index contributed by atoms with van der Waals surface area (Å²) in [7, 11) is 3.36. The maximum absolute atomic E-state index is 14.1. The molecule has 2 aromatic carbocycles. The van der Waals surface area contributed by atoms with Crippen molar-refractivity contribution in [3.63, 3.8) is 0 Å². The summed E-state index contributed by atoms with van der Waals surface area (Å²) in [5.41, 5.74) is 7.83. The van der Waals surface area contributed by atoms with Gasteiger partial charge in [-0.05, 0) is 101 Å². The van der Waals surface area contributed by atoms with E-state index in [-0.39, 0.29) is 22.4 Å². The lowest BCUT2D eigenvalue weighted by Crippen LogP contribution is -2.44. The number of Topliss-reactive ketones (excluding diaryl/α,β-unsaturated/α-hetero) is 2. The summed E-state index contributed by atoms with van der Waals surface area (Å²) in [5.74, 6) is 1.11. The average molecular weight is 712 g/mol. The van der Waals surface area contributed by atoms with Gasteiger partial charge in [0.15, 0.2) is 23.1 Å². The van der Waals surface area contributed by atoms with E-state index >= 15 is 0 Å². The topological polar surface area (TPSA) is 65.1 Å². The van der Waals surface area contributed by atoms with E-state index in [0.29, 0.717) is 37.6 Å². The van der Waals surface area contributed by atoms with E-state index in [4.69, 9.17) is 14.2 Å². The van der Waals surface area contributed by atoms with E-state index in [1.165, 1.54) is 11.1 Å². The first-order chi connectivity index (χ1) is 20.7. The SMILES string of the molecule is COCCCN1C2=C(C(=O)CC(C)(C)C2)C(c2cc(I)c(OCc3ccc(C)c(C)c3)c(OC)c2)C2=C1CC(C)(C)CC2=O. The van der Waals surface area contributed by atoms with Gasteiger partial charge in [0, 0.05) is 61.6 Å². The molecule has 2 aliphatic carbocycles. The quantitative estimate of drug-likeness (QED) is 0.193. The Morgan fingerprint density at radius 2 is 1.48 bits per heavy atom. The second-order valence-electron chi connectivity index (χ2n) is 14.3. The second-order valence-corrected chi connectivity index (χ2v) is 15.4. The van der Waals surface area contributed by atoms with E-state index in [1.54, 1.807) is 14.2 Å². The van der Waals surface area contributed by atoms with Crippen molar-refractivity contribution in [2.45, 2.75) is 86.2 Å². The summed E-state index contributed by atoms with van der Waals surface area (Å²) in [6.07, 6.45) is 3.31. The Balaban J connectivity index is 1.63. The summed E-state index contributed by atoms with van der Waals surface area (Å²) >= 11 is 2.30. The van der Waals surface area contributed by atoms with E-state index in [1.807, 2.05) is 6.07 Å². The van der Waals surface area contributed by atoms with Gasteiger partial charge in [-0.2, -0.15) is 0 Å². The zero-order chi connectivity index (χ0) is 32.0.